The van der Waals surface area contributed by atoms with Gasteiger partial charge in [0, 0.05) is 29.6 Å². The highest BCUT2D eigenvalue weighted by Gasteiger charge is 2.66. The molecule has 0 amide bonds. The number of fused-ring (bicyclic) bond motifs is 7. The molecule has 7 atom stereocenters. The molecule has 8 heteroatoms. The van der Waals surface area contributed by atoms with Crippen LogP contribution in [0.5, 0.6) is 11.5 Å². The van der Waals surface area contributed by atoms with E-state index >= 15 is 0 Å². The Hall–Kier alpha value is -2.55. The normalized spacial score (nSPS) is 42.7. The van der Waals surface area contributed by atoms with E-state index in [1.807, 2.05) is 6.08 Å². The van der Waals surface area contributed by atoms with E-state index in [4.69, 9.17) is 9.47 Å². The van der Waals surface area contributed by atoms with Crippen molar-refractivity contribution in [1.82, 2.24) is 16.4 Å². The monoisotopic (exact) mass is 383 g/mol. The predicted octanol–water partition coefficient (Wildman–Crippen LogP) is 0.909. The van der Waals surface area contributed by atoms with Crippen molar-refractivity contribution in [3.05, 3.63) is 47.7 Å². The predicted molar refractivity (Wildman–Crippen MR) is 96.8 cm³/mol. The van der Waals surface area contributed by atoms with Gasteiger partial charge in [-0.2, -0.15) is 5.53 Å². The van der Waals surface area contributed by atoms with Gasteiger partial charge in [0.25, 0.3) is 0 Å². The number of hydrazine groups is 2. The number of aliphatic hydroxyl groups is 1. The Labute approximate surface area is 161 Å². The van der Waals surface area contributed by atoms with Gasteiger partial charge in [-0.25, -0.2) is 10.9 Å². The summed E-state index contributed by atoms with van der Waals surface area (Å²) < 4.78 is 12.3. The van der Waals surface area contributed by atoms with Crippen molar-refractivity contribution in [2.45, 2.75) is 36.6 Å². The molecule has 1 saturated carbocycles. The minimum atomic E-state index is -0.892. The van der Waals surface area contributed by atoms with Gasteiger partial charge in [-0.05, 0) is 37.1 Å². The van der Waals surface area contributed by atoms with Crippen molar-refractivity contribution in [3.63, 3.8) is 0 Å². The highest BCUT2D eigenvalue weighted by atomic mass is 16.6. The van der Waals surface area contributed by atoms with Crippen LogP contribution in [0.4, 0.5) is 0 Å². The molecule has 5 aliphatic rings. The lowest BCUT2D eigenvalue weighted by atomic mass is 9.60. The second kappa shape index (κ2) is 5.50. The highest BCUT2D eigenvalue weighted by molar-refractivity contribution is 5.78. The van der Waals surface area contributed by atoms with Gasteiger partial charge >= 0.3 is 5.97 Å². The number of phenols is 1. The Morgan fingerprint density at radius 3 is 2.82 bits per heavy atom. The van der Waals surface area contributed by atoms with Crippen molar-refractivity contribution < 1.29 is 24.5 Å². The number of phenolic OH excluding ortho intramolecular Hbond substituents is 1. The molecule has 0 aromatic heterocycles. The number of aliphatic hydroxyl groups excluding tert-OH is 1. The largest absolute Gasteiger partial charge is 0.508 e. The van der Waals surface area contributed by atoms with Gasteiger partial charge < -0.3 is 19.7 Å². The van der Waals surface area contributed by atoms with Crippen LogP contribution in [0, 0.1) is 17.8 Å². The van der Waals surface area contributed by atoms with Gasteiger partial charge in [0.05, 0.1) is 11.8 Å². The van der Waals surface area contributed by atoms with E-state index in [1.54, 1.807) is 30.4 Å². The lowest BCUT2D eigenvalue weighted by molar-refractivity contribution is -0.161. The zero-order valence-electron chi connectivity index (χ0n) is 15.0. The third-order valence-corrected chi connectivity index (χ3v) is 6.93. The molecule has 0 radical (unpaired) electrons. The zero-order valence-corrected chi connectivity index (χ0v) is 15.0. The summed E-state index contributed by atoms with van der Waals surface area (Å²) in [6.45, 7) is 0. The summed E-state index contributed by atoms with van der Waals surface area (Å²) in [6.07, 6.45) is 6.14. The van der Waals surface area contributed by atoms with Crippen LogP contribution in [0.3, 0.4) is 0 Å². The minimum Gasteiger partial charge on any atom is -0.508 e. The number of nitrogens with one attached hydrogen (secondary N) is 3. The summed E-state index contributed by atoms with van der Waals surface area (Å²) in [5.74, 6) is -0.0101. The van der Waals surface area contributed by atoms with E-state index in [0.29, 0.717) is 12.2 Å². The van der Waals surface area contributed by atoms with Crippen LogP contribution in [0.1, 0.15) is 18.4 Å². The first-order valence-corrected chi connectivity index (χ1v) is 9.64. The van der Waals surface area contributed by atoms with Gasteiger partial charge in [-0.3, -0.25) is 4.79 Å². The minimum absolute atomic E-state index is 0.0477. The Kier molecular flexibility index (Phi) is 3.22. The molecule has 2 saturated heterocycles. The lowest BCUT2D eigenvalue weighted by Gasteiger charge is -2.49. The molecule has 28 heavy (non-hydrogen) atoms. The van der Waals surface area contributed by atoms with E-state index < -0.39 is 11.7 Å². The molecule has 5 N–H and O–H groups in total. The number of esters is 1. The van der Waals surface area contributed by atoms with E-state index in [1.165, 1.54) is 0 Å². The second-order valence-electron chi connectivity index (χ2n) is 8.26. The number of benzene rings is 1. The van der Waals surface area contributed by atoms with E-state index in [2.05, 4.69) is 16.4 Å². The maximum absolute atomic E-state index is 13.0. The number of hydrogen-bond donors (Lipinski definition) is 5. The van der Waals surface area contributed by atoms with Crippen LogP contribution < -0.4 is 21.1 Å². The van der Waals surface area contributed by atoms with Crippen LogP contribution in [0.25, 0.3) is 0 Å². The molecule has 1 aromatic carbocycles. The summed E-state index contributed by atoms with van der Waals surface area (Å²) in [4.78, 5) is 13.0. The van der Waals surface area contributed by atoms with Gasteiger partial charge in [0.1, 0.15) is 23.4 Å². The van der Waals surface area contributed by atoms with Gasteiger partial charge in [0.15, 0.2) is 5.60 Å². The standard InChI is InChI=1S/C20H21N3O5/c24-9-1-3-12-17(5-9)27-18-6-10(25)2-4-13(18)20(12)14-8-16-15(21-23-22-16)7-11(14)19(26)28-20/h1-6,11-12,14-17,21-25H,7-8H2. The van der Waals surface area contributed by atoms with Crippen molar-refractivity contribution in [2.24, 2.45) is 17.8 Å². The molecule has 2 aliphatic carbocycles. The molecular formula is C20H21N3O5. The Morgan fingerprint density at radius 1 is 1.14 bits per heavy atom. The number of carbonyl (C=O) groups excluding carboxylic acids is 1. The third kappa shape index (κ3) is 2.02. The molecule has 3 aliphatic heterocycles. The van der Waals surface area contributed by atoms with E-state index in [-0.39, 0.29) is 47.3 Å². The first-order chi connectivity index (χ1) is 13.6. The number of aromatic hydroxyl groups is 1. The fraction of sp³-hybridized carbons (Fsp3) is 0.450. The average molecular weight is 383 g/mol. The molecule has 3 fully saturated rings. The smallest absolute Gasteiger partial charge is 0.310 e. The summed E-state index contributed by atoms with van der Waals surface area (Å²) in [5.41, 5.74) is 9.31. The number of ether oxygens (including phenoxy) is 2. The summed E-state index contributed by atoms with van der Waals surface area (Å²) in [7, 11) is 0. The van der Waals surface area contributed by atoms with E-state index in [0.717, 1.165) is 12.0 Å². The van der Waals surface area contributed by atoms with Crippen molar-refractivity contribution in [1.29, 1.82) is 0 Å². The maximum Gasteiger partial charge on any atom is 0.310 e. The SMILES string of the molecule is O=C1OC2(c3ccc(O)cc3OC3C=C(O)C=CC32)C2CC3NNNC3CC12. The van der Waals surface area contributed by atoms with Gasteiger partial charge in [0.2, 0.25) is 0 Å². The summed E-state index contributed by atoms with van der Waals surface area (Å²) >= 11 is 0. The number of allylic oxidation sites excluding steroid dienone is 1. The fourth-order valence-electron chi connectivity index (χ4n) is 5.76. The number of hydrogen-bond acceptors (Lipinski definition) is 8. The van der Waals surface area contributed by atoms with Crippen molar-refractivity contribution in [2.75, 3.05) is 0 Å². The Balaban J connectivity index is 1.53. The van der Waals surface area contributed by atoms with E-state index in [9.17, 15) is 15.0 Å². The second-order valence-corrected chi connectivity index (χ2v) is 8.26. The molecular weight excluding hydrogens is 362 g/mol. The fourth-order valence-corrected chi connectivity index (χ4v) is 5.76. The van der Waals surface area contributed by atoms with Crippen LogP contribution in [-0.4, -0.2) is 34.4 Å². The van der Waals surface area contributed by atoms with Crippen molar-refractivity contribution in [3.8, 4) is 11.5 Å². The number of carbonyl (C=O) groups is 1. The Morgan fingerprint density at radius 2 is 1.96 bits per heavy atom. The molecule has 8 nitrogen and oxygen atoms in total. The zero-order chi connectivity index (χ0) is 19.0. The highest BCUT2D eigenvalue weighted by Crippen LogP contribution is 2.60. The molecule has 7 unspecified atom stereocenters. The van der Waals surface area contributed by atoms with Gasteiger partial charge in [-0.1, -0.05) is 6.08 Å². The molecule has 146 valence electrons. The first-order valence-electron chi connectivity index (χ1n) is 9.64. The molecule has 6 rings (SSSR count). The topological polar surface area (TPSA) is 112 Å². The Bertz CT molecular complexity index is 930. The van der Waals surface area contributed by atoms with Crippen LogP contribution in [0.15, 0.2) is 42.2 Å². The quantitative estimate of drug-likeness (QED) is 0.421. The third-order valence-electron chi connectivity index (χ3n) is 6.93. The van der Waals surface area contributed by atoms with Crippen LogP contribution >= 0.6 is 0 Å². The summed E-state index contributed by atoms with van der Waals surface area (Å²) in [6, 6.07) is 5.32. The number of rotatable bonds is 0. The average Bonchev–Trinajstić information content (AvgIpc) is 3.23. The van der Waals surface area contributed by atoms with Crippen LogP contribution in [0.2, 0.25) is 0 Å². The molecule has 1 aromatic rings. The molecule has 0 bridgehead atoms. The van der Waals surface area contributed by atoms with Gasteiger partial charge in [-0.15, -0.1) is 0 Å². The molecule has 1 spiro atoms. The van der Waals surface area contributed by atoms with Crippen LogP contribution in [-0.2, 0) is 15.1 Å². The maximum atomic E-state index is 13.0. The molecule has 3 heterocycles. The first kappa shape index (κ1) is 16.4. The lowest BCUT2D eigenvalue weighted by Crippen LogP contribution is -2.54. The van der Waals surface area contributed by atoms with Crippen molar-refractivity contribution >= 4 is 5.97 Å². The summed E-state index contributed by atoms with van der Waals surface area (Å²) in [5, 5.41) is 20.0.